The minimum absolute atomic E-state index is 0.0236. The minimum Gasteiger partial charge on any atom is -0.493 e. The standard InChI is InChI=1S/C18H22FN3O3S/c1-5-13-15(24)20-17(26-10-14(23)21-18(2,3)4)22(16(13)25)12-8-6-11(19)7-9-12/h6-9,24H,5,10H2,1-4H3,(H,21,23). The van der Waals surface area contributed by atoms with Gasteiger partial charge in [0.25, 0.3) is 5.56 Å². The van der Waals surface area contributed by atoms with Crippen molar-refractivity contribution in [1.82, 2.24) is 14.9 Å². The van der Waals surface area contributed by atoms with Gasteiger partial charge < -0.3 is 10.4 Å². The number of nitrogens with one attached hydrogen (secondary N) is 1. The third kappa shape index (κ3) is 4.85. The van der Waals surface area contributed by atoms with Crippen LogP contribution in [0, 0.1) is 5.82 Å². The first kappa shape index (κ1) is 20.0. The zero-order valence-corrected chi connectivity index (χ0v) is 16.0. The normalized spacial score (nSPS) is 11.4. The van der Waals surface area contributed by atoms with Crippen LogP contribution < -0.4 is 10.9 Å². The molecule has 2 rings (SSSR count). The highest BCUT2D eigenvalue weighted by atomic mass is 32.2. The van der Waals surface area contributed by atoms with E-state index in [1.54, 1.807) is 6.92 Å². The molecule has 8 heteroatoms. The Bertz CT molecular complexity index is 858. The van der Waals surface area contributed by atoms with Gasteiger partial charge in [0.15, 0.2) is 5.16 Å². The summed E-state index contributed by atoms with van der Waals surface area (Å²) in [5.74, 6) is -0.977. The Morgan fingerprint density at radius 1 is 1.31 bits per heavy atom. The fourth-order valence-electron chi connectivity index (χ4n) is 2.33. The highest BCUT2D eigenvalue weighted by molar-refractivity contribution is 7.99. The van der Waals surface area contributed by atoms with Crippen molar-refractivity contribution >= 4 is 17.7 Å². The molecular weight excluding hydrogens is 357 g/mol. The molecule has 0 spiro atoms. The second-order valence-corrected chi connectivity index (χ2v) is 7.70. The number of rotatable bonds is 5. The molecule has 1 aromatic heterocycles. The topological polar surface area (TPSA) is 84.2 Å². The SMILES string of the molecule is CCc1c(O)nc(SCC(=O)NC(C)(C)C)n(-c2ccc(F)cc2)c1=O. The minimum atomic E-state index is -0.440. The maximum absolute atomic E-state index is 13.2. The Morgan fingerprint density at radius 3 is 2.46 bits per heavy atom. The van der Waals surface area contributed by atoms with E-state index in [1.165, 1.54) is 28.8 Å². The quantitative estimate of drug-likeness (QED) is 0.616. The third-order valence-electron chi connectivity index (χ3n) is 3.41. The Morgan fingerprint density at radius 2 is 1.92 bits per heavy atom. The van der Waals surface area contributed by atoms with Gasteiger partial charge in [0.2, 0.25) is 11.8 Å². The van der Waals surface area contributed by atoms with Gasteiger partial charge in [0.1, 0.15) is 5.82 Å². The van der Waals surface area contributed by atoms with Crippen LogP contribution in [-0.2, 0) is 11.2 Å². The van der Waals surface area contributed by atoms with E-state index in [0.29, 0.717) is 12.1 Å². The molecule has 26 heavy (non-hydrogen) atoms. The maximum Gasteiger partial charge on any atom is 0.265 e. The van der Waals surface area contributed by atoms with E-state index in [-0.39, 0.29) is 33.8 Å². The Kier molecular flexibility index (Phi) is 6.07. The average Bonchev–Trinajstić information content (AvgIpc) is 2.53. The lowest BCUT2D eigenvalue weighted by atomic mass is 10.1. The highest BCUT2D eigenvalue weighted by Gasteiger charge is 2.19. The number of nitrogens with zero attached hydrogens (tertiary/aromatic N) is 2. The van der Waals surface area contributed by atoms with Crippen LogP contribution in [0.2, 0.25) is 0 Å². The fourth-order valence-corrected chi connectivity index (χ4v) is 3.13. The van der Waals surface area contributed by atoms with E-state index in [2.05, 4.69) is 10.3 Å². The van der Waals surface area contributed by atoms with Crippen molar-refractivity contribution < 1.29 is 14.3 Å². The molecule has 0 aliphatic heterocycles. The van der Waals surface area contributed by atoms with Crippen molar-refractivity contribution in [3.8, 4) is 11.6 Å². The zero-order valence-electron chi connectivity index (χ0n) is 15.2. The number of halogens is 1. The number of hydrogen-bond acceptors (Lipinski definition) is 5. The van der Waals surface area contributed by atoms with E-state index in [0.717, 1.165) is 11.8 Å². The number of benzene rings is 1. The van der Waals surface area contributed by atoms with Crippen LogP contribution in [0.4, 0.5) is 4.39 Å². The molecule has 2 N–H and O–H groups in total. The van der Waals surface area contributed by atoms with Crippen molar-refractivity contribution in [3.63, 3.8) is 0 Å². The van der Waals surface area contributed by atoms with Crippen LogP contribution in [0.5, 0.6) is 5.88 Å². The summed E-state index contributed by atoms with van der Waals surface area (Å²) in [6, 6.07) is 5.38. The number of hydrogen-bond donors (Lipinski definition) is 2. The lowest BCUT2D eigenvalue weighted by Gasteiger charge is -2.20. The predicted molar refractivity (Wildman–Crippen MR) is 99.5 cm³/mol. The smallest absolute Gasteiger partial charge is 0.265 e. The van der Waals surface area contributed by atoms with Gasteiger partial charge in [-0.05, 0) is 51.5 Å². The first-order valence-corrected chi connectivity index (χ1v) is 9.15. The number of carbonyl (C=O) groups excluding carboxylic acids is 1. The fraction of sp³-hybridized carbons (Fsp3) is 0.389. The van der Waals surface area contributed by atoms with Gasteiger partial charge in [0, 0.05) is 5.54 Å². The Labute approximate surface area is 155 Å². The van der Waals surface area contributed by atoms with Crippen LogP contribution in [0.3, 0.4) is 0 Å². The summed E-state index contributed by atoms with van der Waals surface area (Å²) in [5.41, 5.74) is -0.240. The highest BCUT2D eigenvalue weighted by Crippen LogP contribution is 2.23. The summed E-state index contributed by atoms with van der Waals surface area (Å²) in [4.78, 5) is 28.9. The number of aromatic hydroxyl groups is 1. The molecule has 0 unspecified atom stereocenters. The van der Waals surface area contributed by atoms with Crippen LogP contribution in [0.15, 0.2) is 34.2 Å². The molecule has 0 saturated carbocycles. The molecule has 0 atom stereocenters. The molecule has 6 nitrogen and oxygen atoms in total. The van der Waals surface area contributed by atoms with Gasteiger partial charge in [0.05, 0.1) is 17.0 Å². The van der Waals surface area contributed by atoms with Crippen LogP contribution >= 0.6 is 11.8 Å². The van der Waals surface area contributed by atoms with E-state index in [9.17, 15) is 19.1 Å². The monoisotopic (exact) mass is 379 g/mol. The van der Waals surface area contributed by atoms with E-state index in [1.807, 2.05) is 20.8 Å². The van der Waals surface area contributed by atoms with E-state index in [4.69, 9.17) is 0 Å². The molecule has 1 heterocycles. The van der Waals surface area contributed by atoms with Crippen molar-refractivity contribution in [2.45, 2.75) is 44.8 Å². The van der Waals surface area contributed by atoms with Crippen LogP contribution in [-0.4, -0.2) is 31.9 Å². The number of aromatic nitrogens is 2. The number of amides is 1. The number of thioether (sulfide) groups is 1. The summed E-state index contributed by atoms with van der Waals surface area (Å²) < 4.78 is 14.5. The second-order valence-electron chi connectivity index (χ2n) is 6.75. The van der Waals surface area contributed by atoms with Gasteiger partial charge in [-0.1, -0.05) is 18.7 Å². The number of carbonyl (C=O) groups is 1. The molecule has 0 aliphatic rings. The van der Waals surface area contributed by atoms with Gasteiger partial charge in [-0.2, -0.15) is 4.98 Å². The maximum atomic E-state index is 13.2. The van der Waals surface area contributed by atoms with Crippen LogP contribution in [0.1, 0.15) is 33.3 Å². The molecule has 0 radical (unpaired) electrons. The Balaban J connectivity index is 2.43. The summed E-state index contributed by atoms with van der Waals surface area (Å²) in [7, 11) is 0. The molecule has 0 bridgehead atoms. The first-order chi connectivity index (χ1) is 12.1. The average molecular weight is 379 g/mol. The van der Waals surface area contributed by atoms with Crippen LogP contribution in [0.25, 0.3) is 5.69 Å². The van der Waals surface area contributed by atoms with Gasteiger partial charge in [-0.3, -0.25) is 14.2 Å². The summed E-state index contributed by atoms with van der Waals surface area (Å²) in [6.45, 7) is 7.33. The molecule has 0 fully saturated rings. The molecule has 1 amide bonds. The van der Waals surface area contributed by atoms with E-state index < -0.39 is 11.4 Å². The molecule has 0 aliphatic carbocycles. The molecule has 1 aromatic carbocycles. The molecule has 0 saturated heterocycles. The molecular formula is C18H22FN3O3S. The van der Waals surface area contributed by atoms with Crippen molar-refractivity contribution in [2.24, 2.45) is 0 Å². The molecule has 2 aromatic rings. The largest absolute Gasteiger partial charge is 0.493 e. The summed E-state index contributed by atoms with van der Waals surface area (Å²) in [5, 5.41) is 13.0. The first-order valence-electron chi connectivity index (χ1n) is 8.17. The van der Waals surface area contributed by atoms with Gasteiger partial charge >= 0.3 is 0 Å². The lowest BCUT2D eigenvalue weighted by Crippen LogP contribution is -2.41. The zero-order chi connectivity index (χ0) is 19.5. The predicted octanol–water partition coefficient (Wildman–Crippen LogP) is 2.65. The third-order valence-corrected chi connectivity index (χ3v) is 4.35. The summed E-state index contributed by atoms with van der Waals surface area (Å²) in [6.07, 6.45) is 0.300. The van der Waals surface area contributed by atoms with E-state index >= 15 is 0 Å². The summed E-state index contributed by atoms with van der Waals surface area (Å²) >= 11 is 1.03. The Hall–Kier alpha value is -2.35. The van der Waals surface area contributed by atoms with Crippen molar-refractivity contribution in [3.05, 3.63) is 46.0 Å². The van der Waals surface area contributed by atoms with Gasteiger partial charge in [-0.25, -0.2) is 4.39 Å². The van der Waals surface area contributed by atoms with Crippen molar-refractivity contribution in [1.29, 1.82) is 0 Å². The van der Waals surface area contributed by atoms with Crippen molar-refractivity contribution in [2.75, 3.05) is 5.75 Å². The lowest BCUT2D eigenvalue weighted by molar-refractivity contribution is -0.119. The van der Waals surface area contributed by atoms with Gasteiger partial charge in [-0.15, -0.1) is 0 Å². The second kappa shape index (κ2) is 7.90. The molecule has 140 valence electrons.